The Morgan fingerprint density at radius 1 is 1.16 bits per heavy atom. The molecule has 1 aliphatic heterocycles. The van der Waals surface area contributed by atoms with Gasteiger partial charge >= 0.3 is 5.97 Å². The minimum absolute atomic E-state index is 0.0442. The quantitative estimate of drug-likeness (QED) is 0.675. The molecule has 1 fully saturated rings. The molecule has 0 aliphatic carbocycles. The Kier molecular flexibility index (Phi) is 6.23. The van der Waals surface area contributed by atoms with Crippen molar-refractivity contribution in [1.29, 1.82) is 0 Å². The van der Waals surface area contributed by atoms with Crippen LogP contribution in [0.2, 0.25) is 0 Å². The lowest BCUT2D eigenvalue weighted by Gasteiger charge is -2.26. The van der Waals surface area contributed by atoms with Gasteiger partial charge in [0.25, 0.3) is 0 Å². The fourth-order valence-electron chi connectivity index (χ4n) is 1.91. The third kappa shape index (κ3) is 6.53. The molecule has 1 heterocycles. The molecule has 8 heteroatoms. The van der Waals surface area contributed by atoms with Crippen molar-refractivity contribution in [2.45, 2.75) is 32.1 Å². The van der Waals surface area contributed by atoms with Crippen molar-refractivity contribution in [3.63, 3.8) is 0 Å². The molecule has 1 saturated heterocycles. The van der Waals surface area contributed by atoms with Gasteiger partial charge in [-0.1, -0.05) is 0 Å². The van der Waals surface area contributed by atoms with Gasteiger partial charge < -0.3 is 10.0 Å². The first-order chi connectivity index (χ1) is 8.91. The molecule has 0 bridgehead atoms. The summed E-state index contributed by atoms with van der Waals surface area (Å²) in [5.74, 6) is -1.52. The van der Waals surface area contributed by atoms with Crippen LogP contribution in [0.25, 0.3) is 0 Å². The second-order valence-corrected chi connectivity index (χ2v) is 6.51. The molecule has 0 spiro atoms. The molecule has 0 atom stereocenters. The molecule has 2 N–H and O–H groups in total. The number of hydrogen-bond acceptors (Lipinski definition) is 4. The number of hydrogen-bond donors (Lipinski definition) is 2. The summed E-state index contributed by atoms with van der Waals surface area (Å²) in [5.41, 5.74) is 0. The number of amides is 1. The number of carbonyl (C=O) groups excluding carboxylic acids is 1. The Labute approximate surface area is 113 Å². The highest BCUT2D eigenvalue weighted by Gasteiger charge is 2.19. The number of piperidine rings is 1. The number of likely N-dealkylation sites (tertiary alicyclic amines) is 1. The first kappa shape index (κ1) is 15.9. The standard InChI is InChI=1S/C11H20N2O5S/c14-10(13-6-2-1-3-7-13)9-12-19(17,18)8-4-5-11(15)16/h12H,1-9H2,(H,15,16). The zero-order valence-electron chi connectivity index (χ0n) is 10.8. The lowest BCUT2D eigenvalue weighted by molar-refractivity contribution is -0.137. The Morgan fingerprint density at radius 3 is 2.37 bits per heavy atom. The summed E-state index contributed by atoms with van der Waals surface area (Å²) in [6.45, 7) is 1.12. The summed E-state index contributed by atoms with van der Waals surface area (Å²) in [6, 6.07) is 0. The SMILES string of the molecule is O=C(O)CCCS(=O)(=O)NCC(=O)N1CCCCC1. The molecule has 1 aliphatic rings. The average molecular weight is 292 g/mol. The van der Waals surface area contributed by atoms with Crippen molar-refractivity contribution in [3.8, 4) is 0 Å². The second-order valence-electron chi connectivity index (χ2n) is 4.58. The average Bonchev–Trinajstić information content (AvgIpc) is 2.36. The second kappa shape index (κ2) is 7.44. The van der Waals surface area contributed by atoms with E-state index in [9.17, 15) is 18.0 Å². The normalized spacial score (nSPS) is 16.3. The van der Waals surface area contributed by atoms with Crippen LogP contribution in [0.4, 0.5) is 0 Å². The van der Waals surface area contributed by atoms with Crippen LogP contribution in [0.3, 0.4) is 0 Å². The van der Waals surface area contributed by atoms with Gasteiger partial charge in [-0.25, -0.2) is 13.1 Å². The molecule has 1 rings (SSSR count). The van der Waals surface area contributed by atoms with Crippen LogP contribution in [0.5, 0.6) is 0 Å². The fraction of sp³-hybridized carbons (Fsp3) is 0.818. The minimum Gasteiger partial charge on any atom is -0.481 e. The summed E-state index contributed by atoms with van der Waals surface area (Å²) < 4.78 is 25.3. The molecule has 0 aromatic heterocycles. The molecule has 7 nitrogen and oxygen atoms in total. The molecule has 0 radical (unpaired) electrons. The van der Waals surface area contributed by atoms with Gasteiger partial charge in [-0.05, 0) is 25.7 Å². The molecular weight excluding hydrogens is 272 g/mol. The molecule has 0 aromatic rings. The van der Waals surface area contributed by atoms with Crippen LogP contribution in [-0.4, -0.2) is 55.7 Å². The predicted molar refractivity (Wildman–Crippen MR) is 69.1 cm³/mol. The van der Waals surface area contributed by atoms with Crippen LogP contribution in [0.15, 0.2) is 0 Å². The van der Waals surface area contributed by atoms with Crippen LogP contribution in [0.1, 0.15) is 32.1 Å². The largest absolute Gasteiger partial charge is 0.481 e. The van der Waals surface area contributed by atoms with Crippen molar-refractivity contribution in [1.82, 2.24) is 9.62 Å². The summed E-state index contributed by atoms with van der Waals surface area (Å²) in [7, 11) is -3.57. The first-order valence-electron chi connectivity index (χ1n) is 6.37. The summed E-state index contributed by atoms with van der Waals surface area (Å²) in [5, 5.41) is 8.42. The van der Waals surface area contributed by atoms with Crippen LogP contribution < -0.4 is 4.72 Å². The van der Waals surface area contributed by atoms with E-state index in [1.165, 1.54) is 0 Å². The predicted octanol–water partition coefficient (Wildman–Crippen LogP) is -0.217. The van der Waals surface area contributed by atoms with Gasteiger partial charge in [0.2, 0.25) is 15.9 Å². The monoisotopic (exact) mass is 292 g/mol. The van der Waals surface area contributed by atoms with E-state index in [0.29, 0.717) is 13.1 Å². The Hall–Kier alpha value is -1.15. The minimum atomic E-state index is -3.57. The number of sulfonamides is 1. The molecule has 19 heavy (non-hydrogen) atoms. The maximum absolute atomic E-state index is 11.7. The van der Waals surface area contributed by atoms with Gasteiger partial charge in [-0.2, -0.15) is 0 Å². The third-order valence-electron chi connectivity index (χ3n) is 2.96. The number of carbonyl (C=O) groups is 2. The van der Waals surface area contributed by atoms with Crippen LogP contribution in [0, 0.1) is 0 Å². The first-order valence-corrected chi connectivity index (χ1v) is 8.03. The van der Waals surface area contributed by atoms with E-state index in [0.717, 1.165) is 19.3 Å². The summed E-state index contributed by atoms with van der Waals surface area (Å²) >= 11 is 0. The van der Waals surface area contributed by atoms with E-state index in [4.69, 9.17) is 5.11 Å². The Bertz CT molecular complexity index is 415. The van der Waals surface area contributed by atoms with Gasteiger partial charge in [0.15, 0.2) is 0 Å². The highest BCUT2D eigenvalue weighted by Crippen LogP contribution is 2.08. The van der Waals surface area contributed by atoms with Gasteiger partial charge in [0, 0.05) is 19.5 Å². The number of carboxylic acid groups (broad SMARTS) is 1. The van der Waals surface area contributed by atoms with E-state index >= 15 is 0 Å². The van der Waals surface area contributed by atoms with E-state index in [2.05, 4.69) is 4.72 Å². The molecule has 0 saturated carbocycles. The van der Waals surface area contributed by atoms with Gasteiger partial charge in [-0.15, -0.1) is 0 Å². The number of nitrogens with one attached hydrogen (secondary N) is 1. The maximum atomic E-state index is 11.7. The van der Waals surface area contributed by atoms with Crippen molar-refractivity contribution in [3.05, 3.63) is 0 Å². The van der Waals surface area contributed by atoms with Crippen LogP contribution >= 0.6 is 0 Å². The Balaban J connectivity index is 2.29. The lowest BCUT2D eigenvalue weighted by Crippen LogP contribution is -2.43. The van der Waals surface area contributed by atoms with Crippen molar-refractivity contribution in [2.24, 2.45) is 0 Å². The van der Waals surface area contributed by atoms with E-state index in [-0.39, 0.29) is 31.0 Å². The maximum Gasteiger partial charge on any atom is 0.303 e. The summed E-state index contributed by atoms with van der Waals surface area (Å²) in [4.78, 5) is 23.7. The number of rotatable bonds is 7. The van der Waals surface area contributed by atoms with Gasteiger partial charge in [0.05, 0.1) is 12.3 Å². The van der Waals surface area contributed by atoms with Gasteiger partial charge in [0.1, 0.15) is 0 Å². The van der Waals surface area contributed by atoms with Crippen molar-refractivity contribution >= 4 is 21.9 Å². The van der Waals surface area contributed by atoms with Crippen LogP contribution in [-0.2, 0) is 19.6 Å². The zero-order valence-corrected chi connectivity index (χ0v) is 11.6. The van der Waals surface area contributed by atoms with E-state index in [1.54, 1.807) is 4.90 Å². The topological polar surface area (TPSA) is 104 Å². The Morgan fingerprint density at radius 2 is 1.79 bits per heavy atom. The summed E-state index contributed by atoms with van der Waals surface area (Å²) in [6.07, 6.45) is 2.86. The van der Waals surface area contributed by atoms with Gasteiger partial charge in [-0.3, -0.25) is 9.59 Å². The van der Waals surface area contributed by atoms with Crippen molar-refractivity contribution < 1.29 is 23.1 Å². The third-order valence-corrected chi connectivity index (χ3v) is 4.37. The zero-order chi connectivity index (χ0) is 14.3. The molecule has 0 aromatic carbocycles. The van der Waals surface area contributed by atoms with Crippen molar-refractivity contribution in [2.75, 3.05) is 25.4 Å². The molecule has 110 valence electrons. The number of nitrogens with zero attached hydrogens (tertiary/aromatic N) is 1. The van der Waals surface area contributed by atoms with E-state index < -0.39 is 16.0 Å². The molecule has 0 unspecified atom stereocenters. The lowest BCUT2D eigenvalue weighted by atomic mass is 10.1. The molecule has 1 amide bonds. The highest BCUT2D eigenvalue weighted by atomic mass is 32.2. The van der Waals surface area contributed by atoms with E-state index in [1.807, 2.05) is 0 Å². The number of carboxylic acids is 1. The molecular formula is C11H20N2O5S. The highest BCUT2D eigenvalue weighted by molar-refractivity contribution is 7.89. The number of aliphatic carboxylic acids is 1. The smallest absolute Gasteiger partial charge is 0.303 e. The fourth-order valence-corrected chi connectivity index (χ4v) is 2.92.